The van der Waals surface area contributed by atoms with E-state index in [0.717, 1.165) is 17.8 Å². The molecule has 0 aromatic heterocycles. The third-order valence-corrected chi connectivity index (χ3v) is 3.00. The molecule has 0 fully saturated rings. The van der Waals surface area contributed by atoms with E-state index in [1.54, 1.807) is 6.20 Å². The summed E-state index contributed by atoms with van der Waals surface area (Å²) in [6.45, 7) is 0.751. The first-order valence-corrected chi connectivity index (χ1v) is 5.25. The Balaban J connectivity index is 2.16. The second-order valence-corrected chi connectivity index (χ2v) is 4.05. The molecular formula is C13H11NO2. The molecule has 2 aliphatic heterocycles. The Hall–Kier alpha value is -2.03. The van der Waals surface area contributed by atoms with Crippen LogP contribution < -0.4 is 4.90 Å². The van der Waals surface area contributed by atoms with Crippen molar-refractivity contribution < 1.29 is 9.90 Å². The highest BCUT2D eigenvalue weighted by atomic mass is 16.4. The number of benzene rings is 1. The maximum atomic E-state index is 11.0. The lowest BCUT2D eigenvalue weighted by atomic mass is 9.94. The van der Waals surface area contributed by atoms with E-state index < -0.39 is 5.97 Å². The van der Waals surface area contributed by atoms with Crippen molar-refractivity contribution in [3.05, 3.63) is 47.2 Å². The molecule has 0 saturated carbocycles. The lowest BCUT2D eigenvalue weighted by molar-refractivity contribution is -0.132. The van der Waals surface area contributed by atoms with Crippen molar-refractivity contribution >= 4 is 17.7 Å². The normalized spacial score (nSPS) is 16.8. The first-order chi connectivity index (χ1) is 7.75. The van der Waals surface area contributed by atoms with Crippen LogP contribution in [0.1, 0.15) is 11.1 Å². The van der Waals surface area contributed by atoms with Gasteiger partial charge in [0.15, 0.2) is 0 Å². The fourth-order valence-electron chi connectivity index (χ4n) is 2.31. The summed E-state index contributed by atoms with van der Waals surface area (Å²) in [7, 11) is 0. The highest BCUT2D eigenvalue weighted by molar-refractivity contribution is 5.91. The molecule has 2 aliphatic rings. The molecule has 0 spiro atoms. The molecule has 0 saturated heterocycles. The van der Waals surface area contributed by atoms with E-state index in [2.05, 4.69) is 12.1 Å². The van der Waals surface area contributed by atoms with E-state index in [0.29, 0.717) is 12.0 Å². The van der Waals surface area contributed by atoms with Gasteiger partial charge in [0, 0.05) is 19.2 Å². The molecule has 3 rings (SSSR count). The predicted octanol–water partition coefficient (Wildman–Crippen LogP) is 2.04. The number of carboxylic acid groups (broad SMARTS) is 1. The molecule has 3 nitrogen and oxygen atoms in total. The molecule has 3 heteroatoms. The molecule has 0 atom stereocenters. The molecule has 0 radical (unpaired) electrons. The van der Waals surface area contributed by atoms with Gasteiger partial charge >= 0.3 is 5.97 Å². The minimum Gasteiger partial charge on any atom is -0.478 e. The fourth-order valence-corrected chi connectivity index (χ4v) is 2.31. The van der Waals surface area contributed by atoms with Gasteiger partial charge in [-0.05, 0) is 11.1 Å². The summed E-state index contributed by atoms with van der Waals surface area (Å²) in [4.78, 5) is 13.0. The standard InChI is InChI=1S/C13H11NO2/c15-13(16)11-7-10-4-1-3-9-5-2-6-14(8-11)12(9)10/h1-5,8H,6-7H2,(H,15,16). The van der Waals surface area contributed by atoms with Crippen molar-refractivity contribution in [2.75, 3.05) is 11.4 Å². The topological polar surface area (TPSA) is 40.5 Å². The molecule has 1 aromatic carbocycles. The Morgan fingerprint density at radius 2 is 2.25 bits per heavy atom. The van der Waals surface area contributed by atoms with Gasteiger partial charge in [0.25, 0.3) is 0 Å². The molecule has 0 aliphatic carbocycles. The third kappa shape index (κ3) is 1.25. The Labute approximate surface area is 93.3 Å². The fraction of sp³-hybridized carbons (Fsp3) is 0.154. The van der Waals surface area contributed by atoms with Crippen molar-refractivity contribution in [2.24, 2.45) is 0 Å². The van der Waals surface area contributed by atoms with Gasteiger partial charge in [-0.3, -0.25) is 0 Å². The third-order valence-electron chi connectivity index (χ3n) is 3.00. The molecule has 16 heavy (non-hydrogen) atoms. The van der Waals surface area contributed by atoms with Crippen LogP contribution in [0.15, 0.2) is 36.0 Å². The number of hydrogen-bond acceptors (Lipinski definition) is 2. The summed E-state index contributed by atoms with van der Waals surface area (Å²) < 4.78 is 0. The van der Waals surface area contributed by atoms with Gasteiger partial charge < -0.3 is 10.0 Å². The van der Waals surface area contributed by atoms with Gasteiger partial charge in [-0.1, -0.05) is 30.4 Å². The molecule has 80 valence electrons. The average molecular weight is 213 g/mol. The molecule has 0 bridgehead atoms. The molecule has 1 N–H and O–H groups in total. The highest BCUT2D eigenvalue weighted by Gasteiger charge is 2.23. The van der Waals surface area contributed by atoms with E-state index in [-0.39, 0.29) is 0 Å². The smallest absolute Gasteiger partial charge is 0.333 e. The highest BCUT2D eigenvalue weighted by Crippen LogP contribution is 2.35. The van der Waals surface area contributed by atoms with E-state index in [4.69, 9.17) is 5.11 Å². The van der Waals surface area contributed by atoms with Gasteiger partial charge in [0.1, 0.15) is 0 Å². The van der Waals surface area contributed by atoms with Crippen LogP contribution in [-0.4, -0.2) is 17.6 Å². The lowest BCUT2D eigenvalue weighted by Gasteiger charge is -2.31. The Bertz CT molecular complexity index is 529. The van der Waals surface area contributed by atoms with Crippen LogP contribution in [0.25, 0.3) is 6.08 Å². The maximum Gasteiger partial charge on any atom is 0.333 e. The van der Waals surface area contributed by atoms with Crippen LogP contribution in [-0.2, 0) is 11.2 Å². The summed E-state index contributed by atoms with van der Waals surface area (Å²) >= 11 is 0. The zero-order chi connectivity index (χ0) is 11.1. The molecule has 0 unspecified atom stereocenters. The number of aliphatic carboxylic acids is 1. The van der Waals surface area contributed by atoms with Gasteiger partial charge in [0.05, 0.1) is 11.3 Å². The first-order valence-electron chi connectivity index (χ1n) is 5.25. The van der Waals surface area contributed by atoms with Crippen molar-refractivity contribution in [3.63, 3.8) is 0 Å². The summed E-state index contributed by atoms with van der Waals surface area (Å²) in [6, 6.07) is 6.04. The van der Waals surface area contributed by atoms with Crippen LogP contribution in [0, 0.1) is 0 Å². The number of hydrogen-bond donors (Lipinski definition) is 1. The van der Waals surface area contributed by atoms with E-state index in [9.17, 15) is 4.79 Å². The molecular weight excluding hydrogens is 202 g/mol. The van der Waals surface area contributed by atoms with Gasteiger partial charge in [-0.15, -0.1) is 0 Å². The Kier molecular flexibility index (Phi) is 1.86. The van der Waals surface area contributed by atoms with E-state index in [1.807, 2.05) is 23.1 Å². The number of rotatable bonds is 1. The summed E-state index contributed by atoms with van der Waals surface area (Å²) in [6.07, 6.45) is 6.41. The van der Waals surface area contributed by atoms with Crippen LogP contribution >= 0.6 is 0 Å². The SMILES string of the molecule is O=C(O)C1=CN2CC=Cc3cccc(c32)C1. The van der Waals surface area contributed by atoms with E-state index in [1.165, 1.54) is 5.56 Å². The van der Waals surface area contributed by atoms with Crippen LogP contribution in [0.5, 0.6) is 0 Å². The maximum absolute atomic E-state index is 11.0. The molecule has 2 heterocycles. The number of carboxylic acids is 1. The van der Waals surface area contributed by atoms with E-state index >= 15 is 0 Å². The molecule has 1 aromatic rings. The minimum atomic E-state index is -0.828. The summed E-state index contributed by atoms with van der Waals surface area (Å²) in [5.41, 5.74) is 3.89. The van der Waals surface area contributed by atoms with Gasteiger partial charge in [-0.25, -0.2) is 4.79 Å². The van der Waals surface area contributed by atoms with Gasteiger partial charge in [0.2, 0.25) is 0 Å². The lowest BCUT2D eigenvalue weighted by Crippen LogP contribution is -2.27. The number of nitrogens with zero attached hydrogens (tertiary/aromatic N) is 1. The van der Waals surface area contributed by atoms with Crippen molar-refractivity contribution in [1.29, 1.82) is 0 Å². The number of carbonyl (C=O) groups is 1. The van der Waals surface area contributed by atoms with Crippen molar-refractivity contribution in [2.45, 2.75) is 6.42 Å². The summed E-state index contributed by atoms with van der Waals surface area (Å²) in [5.74, 6) is -0.828. The number of para-hydroxylation sites is 1. The Morgan fingerprint density at radius 1 is 1.38 bits per heavy atom. The second-order valence-electron chi connectivity index (χ2n) is 4.05. The van der Waals surface area contributed by atoms with Crippen molar-refractivity contribution in [1.82, 2.24) is 0 Å². The van der Waals surface area contributed by atoms with Gasteiger partial charge in [-0.2, -0.15) is 0 Å². The largest absolute Gasteiger partial charge is 0.478 e. The average Bonchev–Trinajstić information content (AvgIpc) is 2.29. The van der Waals surface area contributed by atoms with Crippen molar-refractivity contribution in [3.8, 4) is 0 Å². The monoisotopic (exact) mass is 213 g/mol. The van der Waals surface area contributed by atoms with Crippen LogP contribution in [0.4, 0.5) is 5.69 Å². The minimum absolute atomic E-state index is 0.458. The zero-order valence-corrected chi connectivity index (χ0v) is 8.68. The Morgan fingerprint density at radius 3 is 3.06 bits per heavy atom. The quantitative estimate of drug-likeness (QED) is 0.776. The first kappa shape index (κ1) is 9.21. The van der Waals surface area contributed by atoms with Crippen LogP contribution in [0.3, 0.4) is 0 Å². The van der Waals surface area contributed by atoms with Crippen LogP contribution in [0.2, 0.25) is 0 Å². The predicted molar refractivity (Wildman–Crippen MR) is 62.2 cm³/mol. The molecule has 0 amide bonds. The number of anilines is 1. The second kappa shape index (κ2) is 3.23. The summed E-state index contributed by atoms with van der Waals surface area (Å²) in [5, 5.41) is 9.05. The zero-order valence-electron chi connectivity index (χ0n) is 8.68.